The summed E-state index contributed by atoms with van der Waals surface area (Å²) in [5.41, 5.74) is 0. The lowest BCUT2D eigenvalue weighted by Gasteiger charge is -2.22. The molecule has 2 heterocycles. The highest BCUT2D eigenvalue weighted by atomic mass is 16.5. The largest absolute Gasteiger partial charge is 0.381 e. The predicted octanol–water partition coefficient (Wildman–Crippen LogP) is 1.75. The number of ether oxygens (including phenoxy) is 1. The Balaban J connectivity index is 2.17. The first-order valence-corrected chi connectivity index (χ1v) is 5.26. The molecule has 0 amide bonds. The third kappa shape index (κ3) is 1.80. The van der Waals surface area contributed by atoms with Gasteiger partial charge in [0.1, 0.15) is 12.2 Å². The van der Waals surface area contributed by atoms with Crippen LogP contribution >= 0.6 is 0 Å². The van der Waals surface area contributed by atoms with Gasteiger partial charge in [0.05, 0.1) is 0 Å². The van der Waals surface area contributed by atoms with Crippen molar-refractivity contribution in [1.29, 1.82) is 0 Å². The number of hydrogen-bond acceptors (Lipinski definition) is 3. The van der Waals surface area contributed by atoms with Crippen LogP contribution in [0.5, 0.6) is 0 Å². The normalized spacial score (nSPS) is 19.1. The van der Waals surface area contributed by atoms with Gasteiger partial charge in [-0.05, 0) is 26.7 Å². The average Bonchev–Trinajstić information content (AvgIpc) is 2.67. The van der Waals surface area contributed by atoms with Crippen LogP contribution in [0.15, 0.2) is 6.33 Å². The summed E-state index contributed by atoms with van der Waals surface area (Å²) in [7, 11) is 0. The maximum atomic E-state index is 5.34. The zero-order valence-corrected chi connectivity index (χ0v) is 8.81. The van der Waals surface area contributed by atoms with Crippen molar-refractivity contribution in [3.05, 3.63) is 12.2 Å². The van der Waals surface area contributed by atoms with E-state index < -0.39 is 0 Å². The van der Waals surface area contributed by atoms with E-state index >= 15 is 0 Å². The second-order valence-electron chi connectivity index (χ2n) is 4.04. The molecule has 78 valence electrons. The van der Waals surface area contributed by atoms with Crippen molar-refractivity contribution in [2.24, 2.45) is 0 Å². The molecule has 0 saturated carbocycles. The Bertz CT molecular complexity index is 289. The van der Waals surface area contributed by atoms with Crippen LogP contribution in [0, 0.1) is 0 Å². The van der Waals surface area contributed by atoms with E-state index in [1.807, 2.05) is 4.68 Å². The van der Waals surface area contributed by atoms with Crippen molar-refractivity contribution in [2.75, 3.05) is 13.2 Å². The van der Waals surface area contributed by atoms with Crippen LogP contribution in [-0.2, 0) is 4.74 Å². The predicted molar refractivity (Wildman–Crippen MR) is 53.2 cm³/mol. The first-order chi connectivity index (χ1) is 6.79. The Hall–Kier alpha value is -0.900. The number of aromatic nitrogens is 3. The quantitative estimate of drug-likeness (QED) is 0.721. The van der Waals surface area contributed by atoms with Gasteiger partial charge < -0.3 is 4.74 Å². The zero-order chi connectivity index (χ0) is 9.97. The molecule has 1 aromatic rings. The molecule has 1 aliphatic rings. The van der Waals surface area contributed by atoms with Gasteiger partial charge in [-0.1, -0.05) is 0 Å². The number of nitrogens with zero attached hydrogens (tertiary/aromatic N) is 3. The SMILES string of the molecule is CC(C)n1ncnc1C1CCOCC1. The van der Waals surface area contributed by atoms with Crippen LogP contribution in [0.25, 0.3) is 0 Å². The van der Waals surface area contributed by atoms with Crippen molar-refractivity contribution in [3.63, 3.8) is 0 Å². The van der Waals surface area contributed by atoms with E-state index in [1.165, 1.54) is 0 Å². The lowest BCUT2D eigenvalue weighted by Crippen LogP contribution is -2.19. The highest BCUT2D eigenvalue weighted by Crippen LogP contribution is 2.26. The molecule has 2 rings (SSSR count). The second-order valence-corrected chi connectivity index (χ2v) is 4.04. The molecular weight excluding hydrogens is 178 g/mol. The molecule has 0 N–H and O–H groups in total. The molecule has 4 heteroatoms. The smallest absolute Gasteiger partial charge is 0.138 e. The Labute approximate surface area is 84.3 Å². The Morgan fingerprint density at radius 2 is 2.14 bits per heavy atom. The number of hydrogen-bond donors (Lipinski definition) is 0. The van der Waals surface area contributed by atoms with Crippen molar-refractivity contribution in [1.82, 2.24) is 14.8 Å². The summed E-state index contributed by atoms with van der Waals surface area (Å²) in [6.07, 6.45) is 3.81. The summed E-state index contributed by atoms with van der Waals surface area (Å²) in [5, 5.41) is 4.26. The first-order valence-electron chi connectivity index (χ1n) is 5.26. The van der Waals surface area contributed by atoms with Crippen molar-refractivity contribution >= 4 is 0 Å². The van der Waals surface area contributed by atoms with Crippen molar-refractivity contribution in [3.8, 4) is 0 Å². The Morgan fingerprint density at radius 1 is 1.43 bits per heavy atom. The molecule has 1 saturated heterocycles. The van der Waals surface area contributed by atoms with E-state index in [2.05, 4.69) is 23.9 Å². The average molecular weight is 195 g/mol. The fourth-order valence-electron chi connectivity index (χ4n) is 1.91. The minimum absolute atomic E-state index is 0.398. The summed E-state index contributed by atoms with van der Waals surface area (Å²) in [4.78, 5) is 4.36. The van der Waals surface area contributed by atoms with Crippen LogP contribution in [0.4, 0.5) is 0 Å². The van der Waals surface area contributed by atoms with Gasteiger partial charge in [0.15, 0.2) is 0 Å². The lowest BCUT2D eigenvalue weighted by atomic mass is 9.99. The topological polar surface area (TPSA) is 39.9 Å². The Morgan fingerprint density at radius 3 is 2.79 bits per heavy atom. The van der Waals surface area contributed by atoms with Crippen molar-refractivity contribution < 1.29 is 4.74 Å². The van der Waals surface area contributed by atoms with Gasteiger partial charge in [-0.2, -0.15) is 5.10 Å². The molecule has 14 heavy (non-hydrogen) atoms. The zero-order valence-electron chi connectivity index (χ0n) is 8.81. The molecule has 4 nitrogen and oxygen atoms in total. The molecule has 0 unspecified atom stereocenters. The summed E-state index contributed by atoms with van der Waals surface area (Å²) < 4.78 is 7.36. The molecule has 0 radical (unpaired) electrons. The maximum absolute atomic E-state index is 5.34. The van der Waals surface area contributed by atoms with Gasteiger partial charge in [0.2, 0.25) is 0 Å². The first kappa shape index (κ1) is 9.65. The van der Waals surface area contributed by atoms with Gasteiger partial charge in [-0.25, -0.2) is 9.67 Å². The molecular formula is C10H17N3O. The summed E-state index contributed by atoms with van der Waals surface area (Å²) >= 11 is 0. The minimum atomic E-state index is 0.398. The minimum Gasteiger partial charge on any atom is -0.381 e. The maximum Gasteiger partial charge on any atom is 0.138 e. The van der Waals surface area contributed by atoms with E-state index in [0.717, 1.165) is 31.9 Å². The molecule has 1 aromatic heterocycles. The molecule has 1 fully saturated rings. The standard InChI is InChI=1S/C10H17N3O/c1-8(2)13-10(11-7-12-13)9-3-5-14-6-4-9/h7-9H,3-6H2,1-2H3. The number of rotatable bonds is 2. The lowest BCUT2D eigenvalue weighted by molar-refractivity contribution is 0.0823. The highest BCUT2D eigenvalue weighted by molar-refractivity contribution is 4.97. The van der Waals surface area contributed by atoms with Gasteiger partial charge in [0.25, 0.3) is 0 Å². The van der Waals surface area contributed by atoms with Crippen LogP contribution in [0.3, 0.4) is 0 Å². The van der Waals surface area contributed by atoms with E-state index in [0.29, 0.717) is 12.0 Å². The van der Waals surface area contributed by atoms with E-state index in [1.54, 1.807) is 6.33 Å². The molecule has 0 spiro atoms. The second kappa shape index (κ2) is 4.09. The third-order valence-electron chi connectivity index (χ3n) is 2.68. The van der Waals surface area contributed by atoms with E-state index in [9.17, 15) is 0 Å². The van der Waals surface area contributed by atoms with Crippen molar-refractivity contribution in [2.45, 2.75) is 38.6 Å². The summed E-state index contributed by atoms with van der Waals surface area (Å²) in [6.45, 7) is 5.99. The highest BCUT2D eigenvalue weighted by Gasteiger charge is 2.21. The monoisotopic (exact) mass is 195 g/mol. The molecule has 0 aromatic carbocycles. The third-order valence-corrected chi connectivity index (χ3v) is 2.68. The Kier molecular flexibility index (Phi) is 2.82. The van der Waals surface area contributed by atoms with Crippen LogP contribution < -0.4 is 0 Å². The van der Waals surface area contributed by atoms with E-state index in [4.69, 9.17) is 4.74 Å². The fraction of sp³-hybridized carbons (Fsp3) is 0.800. The van der Waals surface area contributed by atoms with Gasteiger partial charge in [0, 0.05) is 25.2 Å². The van der Waals surface area contributed by atoms with Gasteiger partial charge in [-0.3, -0.25) is 0 Å². The van der Waals surface area contributed by atoms with Gasteiger partial charge >= 0.3 is 0 Å². The molecule has 0 bridgehead atoms. The van der Waals surface area contributed by atoms with Gasteiger partial charge in [-0.15, -0.1) is 0 Å². The molecule has 0 atom stereocenters. The summed E-state index contributed by atoms with van der Waals surface area (Å²) in [6, 6.07) is 0.398. The summed E-state index contributed by atoms with van der Waals surface area (Å²) in [5.74, 6) is 1.66. The fourth-order valence-corrected chi connectivity index (χ4v) is 1.91. The molecule has 1 aliphatic heterocycles. The van der Waals surface area contributed by atoms with Crippen LogP contribution in [0.2, 0.25) is 0 Å². The van der Waals surface area contributed by atoms with Crippen LogP contribution in [0.1, 0.15) is 44.5 Å². The molecule has 0 aliphatic carbocycles. The van der Waals surface area contributed by atoms with Crippen LogP contribution in [-0.4, -0.2) is 28.0 Å². The van der Waals surface area contributed by atoms with E-state index in [-0.39, 0.29) is 0 Å².